The Balaban J connectivity index is 2.90. The van der Waals surface area contributed by atoms with E-state index in [0.717, 1.165) is 5.56 Å². The third-order valence-electron chi connectivity index (χ3n) is 2.73. The van der Waals surface area contributed by atoms with Gasteiger partial charge in [0.05, 0.1) is 11.4 Å². The molecule has 20 heavy (non-hydrogen) atoms. The van der Waals surface area contributed by atoms with E-state index in [1.165, 1.54) is 19.2 Å². The third kappa shape index (κ3) is 4.59. The summed E-state index contributed by atoms with van der Waals surface area (Å²) in [6.45, 7) is 5.87. The highest BCUT2D eigenvalue weighted by molar-refractivity contribution is 7.89. The van der Waals surface area contributed by atoms with Gasteiger partial charge in [-0.25, -0.2) is 13.1 Å². The molecule has 0 fully saturated rings. The second kappa shape index (κ2) is 6.83. The van der Waals surface area contributed by atoms with Crippen molar-refractivity contribution in [3.05, 3.63) is 23.8 Å². The molecule has 0 spiro atoms. The quantitative estimate of drug-likeness (QED) is 0.726. The largest absolute Gasteiger partial charge is 0.325 e. The molecule has 0 saturated heterocycles. The summed E-state index contributed by atoms with van der Waals surface area (Å²) in [4.78, 5) is 11.9. The molecule has 1 aromatic rings. The Morgan fingerprint density at radius 3 is 2.50 bits per heavy atom. The number of aryl methyl sites for hydroxylation is 1. The predicted octanol–water partition coefficient (Wildman–Crippen LogP) is 0.840. The molecule has 0 atom stereocenters. The van der Waals surface area contributed by atoms with Crippen molar-refractivity contribution in [2.45, 2.75) is 31.7 Å². The Bertz CT molecular complexity index is 583. The van der Waals surface area contributed by atoms with Crippen LogP contribution in [0.5, 0.6) is 0 Å². The fourth-order valence-electron chi connectivity index (χ4n) is 1.51. The van der Waals surface area contributed by atoms with Crippen molar-refractivity contribution in [3.63, 3.8) is 0 Å². The second-order valence-corrected chi connectivity index (χ2v) is 6.65. The van der Waals surface area contributed by atoms with E-state index >= 15 is 0 Å². The SMILES string of the molecule is CNS(=O)(=O)c1ccc(C)c(NC(=O)CNC(C)C)c1. The van der Waals surface area contributed by atoms with E-state index in [1.54, 1.807) is 13.0 Å². The lowest BCUT2D eigenvalue weighted by molar-refractivity contribution is -0.115. The van der Waals surface area contributed by atoms with Crippen LogP contribution in [0.2, 0.25) is 0 Å². The standard InChI is InChI=1S/C13H21N3O3S/c1-9(2)15-8-13(17)16-12-7-11(6-5-10(12)3)20(18,19)14-4/h5-7,9,14-15H,8H2,1-4H3,(H,16,17). The maximum atomic E-state index is 11.8. The van der Waals surface area contributed by atoms with E-state index in [4.69, 9.17) is 0 Å². The smallest absolute Gasteiger partial charge is 0.240 e. The summed E-state index contributed by atoms with van der Waals surface area (Å²) in [7, 11) is -2.17. The Morgan fingerprint density at radius 2 is 1.95 bits per heavy atom. The van der Waals surface area contributed by atoms with Crippen LogP contribution in [0.25, 0.3) is 0 Å². The van der Waals surface area contributed by atoms with Gasteiger partial charge in [0.2, 0.25) is 15.9 Å². The first kappa shape index (κ1) is 16.6. The molecule has 0 aliphatic heterocycles. The minimum absolute atomic E-state index is 0.123. The zero-order chi connectivity index (χ0) is 15.3. The van der Waals surface area contributed by atoms with Crippen molar-refractivity contribution in [2.24, 2.45) is 0 Å². The van der Waals surface area contributed by atoms with Crippen LogP contribution in [0.15, 0.2) is 23.1 Å². The number of carbonyl (C=O) groups excluding carboxylic acids is 1. The molecule has 0 aliphatic carbocycles. The van der Waals surface area contributed by atoms with Crippen LogP contribution < -0.4 is 15.4 Å². The van der Waals surface area contributed by atoms with Gasteiger partial charge < -0.3 is 10.6 Å². The number of hydrogen-bond donors (Lipinski definition) is 3. The second-order valence-electron chi connectivity index (χ2n) is 4.77. The summed E-state index contributed by atoms with van der Waals surface area (Å²) in [6.07, 6.45) is 0. The number of rotatable bonds is 6. The minimum atomic E-state index is -3.52. The van der Waals surface area contributed by atoms with E-state index in [1.807, 2.05) is 13.8 Å². The molecule has 0 bridgehead atoms. The van der Waals surface area contributed by atoms with Crippen LogP contribution >= 0.6 is 0 Å². The zero-order valence-electron chi connectivity index (χ0n) is 12.1. The van der Waals surface area contributed by atoms with Crippen LogP contribution in [0.3, 0.4) is 0 Å². The molecule has 1 aromatic carbocycles. The van der Waals surface area contributed by atoms with E-state index in [2.05, 4.69) is 15.4 Å². The minimum Gasteiger partial charge on any atom is -0.325 e. The molecular weight excluding hydrogens is 278 g/mol. The van der Waals surface area contributed by atoms with Gasteiger partial charge in [0, 0.05) is 11.7 Å². The highest BCUT2D eigenvalue weighted by atomic mass is 32.2. The first-order valence-corrected chi connectivity index (χ1v) is 7.82. The van der Waals surface area contributed by atoms with Gasteiger partial charge in [0.1, 0.15) is 0 Å². The fourth-order valence-corrected chi connectivity index (χ4v) is 2.27. The van der Waals surface area contributed by atoms with Gasteiger partial charge >= 0.3 is 0 Å². The van der Waals surface area contributed by atoms with Crippen LogP contribution in [0.4, 0.5) is 5.69 Å². The van der Waals surface area contributed by atoms with Gasteiger partial charge in [0.15, 0.2) is 0 Å². The molecule has 0 saturated carbocycles. The zero-order valence-corrected chi connectivity index (χ0v) is 13.0. The fraction of sp³-hybridized carbons (Fsp3) is 0.462. The molecule has 0 unspecified atom stereocenters. The number of sulfonamides is 1. The van der Waals surface area contributed by atoms with Gasteiger partial charge in [0.25, 0.3) is 0 Å². The predicted molar refractivity (Wildman–Crippen MR) is 79.2 cm³/mol. The monoisotopic (exact) mass is 299 g/mol. The molecule has 0 radical (unpaired) electrons. The summed E-state index contributed by atoms with van der Waals surface area (Å²) in [5.74, 6) is -0.208. The molecule has 7 heteroatoms. The molecule has 0 heterocycles. The average molecular weight is 299 g/mol. The molecule has 0 aliphatic rings. The van der Waals surface area contributed by atoms with Gasteiger partial charge in [-0.05, 0) is 31.7 Å². The first-order valence-electron chi connectivity index (χ1n) is 6.33. The summed E-state index contributed by atoms with van der Waals surface area (Å²) >= 11 is 0. The Morgan fingerprint density at radius 1 is 1.30 bits per heavy atom. The number of anilines is 1. The molecular formula is C13H21N3O3S. The van der Waals surface area contributed by atoms with Crippen molar-refractivity contribution in [2.75, 3.05) is 18.9 Å². The number of amides is 1. The van der Waals surface area contributed by atoms with Gasteiger partial charge in [-0.3, -0.25) is 4.79 Å². The number of benzene rings is 1. The van der Waals surface area contributed by atoms with E-state index in [-0.39, 0.29) is 23.4 Å². The van der Waals surface area contributed by atoms with Crippen LogP contribution in [0.1, 0.15) is 19.4 Å². The number of carbonyl (C=O) groups is 1. The molecule has 112 valence electrons. The lowest BCUT2D eigenvalue weighted by atomic mass is 10.2. The summed E-state index contributed by atoms with van der Waals surface area (Å²) < 4.78 is 25.7. The van der Waals surface area contributed by atoms with Crippen molar-refractivity contribution >= 4 is 21.6 Å². The highest BCUT2D eigenvalue weighted by Crippen LogP contribution is 2.19. The summed E-state index contributed by atoms with van der Waals surface area (Å²) in [5, 5.41) is 5.71. The Kier molecular flexibility index (Phi) is 5.67. The molecule has 3 N–H and O–H groups in total. The van der Waals surface area contributed by atoms with Crippen molar-refractivity contribution in [3.8, 4) is 0 Å². The Hall–Kier alpha value is -1.44. The van der Waals surface area contributed by atoms with E-state index in [0.29, 0.717) is 5.69 Å². The first-order chi connectivity index (χ1) is 9.26. The lowest BCUT2D eigenvalue weighted by Crippen LogP contribution is -2.32. The van der Waals surface area contributed by atoms with E-state index in [9.17, 15) is 13.2 Å². The van der Waals surface area contributed by atoms with Crippen molar-refractivity contribution in [1.29, 1.82) is 0 Å². The van der Waals surface area contributed by atoms with E-state index < -0.39 is 10.0 Å². The maximum absolute atomic E-state index is 11.8. The molecule has 1 rings (SSSR count). The maximum Gasteiger partial charge on any atom is 0.240 e. The highest BCUT2D eigenvalue weighted by Gasteiger charge is 2.14. The normalized spacial score (nSPS) is 11.7. The molecule has 0 aromatic heterocycles. The van der Waals surface area contributed by atoms with Gasteiger partial charge in [-0.15, -0.1) is 0 Å². The van der Waals surface area contributed by atoms with Gasteiger partial charge in [-0.2, -0.15) is 0 Å². The van der Waals surface area contributed by atoms with Crippen LogP contribution in [0, 0.1) is 6.92 Å². The van der Waals surface area contributed by atoms with Crippen molar-refractivity contribution in [1.82, 2.24) is 10.0 Å². The number of nitrogens with one attached hydrogen (secondary N) is 3. The van der Waals surface area contributed by atoms with Crippen LogP contribution in [-0.2, 0) is 14.8 Å². The average Bonchev–Trinajstić information content (AvgIpc) is 2.38. The summed E-state index contributed by atoms with van der Waals surface area (Å²) in [6, 6.07) is 4.82. The van der Waals surface area contributed by atoms with Crippen molar-refractivity contribution < 1.29 is 13.2 Å². The lowest BCUT2D eigenvalue weighted by Gasteiger charge is -2.12. The van der Waals surface area contributed by atoms with Gasteiger partial charge in [-0.1, -0.05) is 19.9 Å². The third-order valence-corrected chi connectivity index (χ3v) is 4.15. The summed E-state index contributed by atoms with van der Waals surface area (Å²) in [5.41, 5.74) is 1.30. The Labute approximate surface area is 120 Å². The topological polar surface area (TPSA) is 87.3 Å². The molecule has 1 amide bonds. The van der Waals surface area contributed by atoms with Crippen LogP contribution in [-0.4, -0.2) is 34.0 Å². The number of hydrogen-bond acceptors (Lipinski definition) is 4. The molecule has 6 nitrogen and oxygen atoms in total.